The second-order valence-corrected chi connectivity index (χ2v) is 6.67. The van der Waals surface area contributed by atoms with Gasteiger partial charge < -0.3 is 5.32 Å². The van der Waals surface area contributed by atoms with Crippen molar-refractivity contribution >= 4 is 0 Å². The van der Waals surface area contributed by atoms with E-state index in [-0.39, 0.29) is 0 Å². The van der Waals surface area contributed by atoms with Gasteiger partial charge in [0, 0.05) is 12.1 Å². The van der Waals surface area contributed by atoms with Crippen LogP contribution in [0.25, 0.3) is 0 Å². The van der Waals surface area contributed by atoms with Crippen LogP contribution in [0, 0.1) is 19.3 Å². The molecule has 1 N–H and O–H groups in total. The molecule has 0 aliphatic heterocycles. The highest BCUT2D eigenvalue weighted by Crippen LogP contribution is 2.38. The summed E-state index contributed by atoms with van der Waals surface area (Å²) in [6, 6.07) is 7.94. The highest BCUT2D eigenvalue weighted by atomic mass is 15.0. The average molecular weight is 245 g/mol. The van der Waals surface area contributed by atoms with Crippen LogP contribution < -0.4 is 5.32 Å². The van der Waals surface area contributed by atoms with E-state index in [1.165, 1.54) is 36.0 Å². The fourth-order valence-electron chi connectivity index (χ4n) is 3.07. The quantitative estimate of drug-likeness (QED) is 0.825. The summed E-state index contributed by atoms with van der Waals surface area (Å²) in [6.45, 7) is 11.5. The van der Waals surface area contributed by atoms with Crippen LogP contribution in [-0.2, 0) is 0 Å². The van der Waals surface area contributed by atoms with Crippen molar-refractivity contribution < 1.29 is 0 Å². The Balaban J connectivity index is 2.07. The average Bonchev–Trinajstić information content (AvgIpc) is 2.62. The van der Waals surface area contributed by atoms with E-state index < -0.39 is 0 Å². The first-order valence-electron chi connectivity index (χ1n) is 7.23. The van der Waals surface area contributed by atoms with Crippen LogP contribution in [0.2, 0.25) is 0 Å². The molecule has 1 aliphatic carbocycles. The van der Waals surface area contributed by atoms with Crippen molar-refractivity contribution in [1.82, 2.24) is 5.32 Å². The van der Waals surface area contributed by atoms with E-state index in [0.717, 1.165) is 0 Å². The standard InChI is InChI=1S/C17H27N/c1-12-8-9-15(11-13(12)2)14(3)18-16-7-6-10-17(16,4)5/h8-9,11,14,16,18H,6-7,10H2,1-5H3. The lowest BCUT2D eigenvalue weighted by atomic mass is 9.86. The molecule has 0 saturated heterocycles. The summed E-state index contributed by atoms with van der Waals surface area (Å²) < 4.78 is 0. The maximum absolute atomic E-state index is 3.83. The molecule has 2 atom stereocenters. The molecule has 2 unspecified atom stereocenters. The number of hydrogen-bond donors (Lipinski definition) is 1. The lowest BCUT2D eigenvalue weighted by Crippen LogP contribution is -2.39. The van der Waals surface area contributed by atoms with Crippen LogP contribution >= 0.6 is 0 Å². The second-order valence-electron chi connectivity index (χ2n) is 6.67. The van der Waals surface area contributed by atoms with Crippen LogP contribution in [-0.4, -0.2) is 6.04 Å². The molecule has 0 radical (unpaired) electrons. The third-order valence-corrected chi connectivity index (χ3v) is 4.74. The van der Waals surface area contributed by atoms with Gasteiger partial charge in [-0.3, -0.25) is 0 Å². The summed E-state index contributed by atoms with van der Waals surface area (Å²) in [5, 5.41) is 3.83. The van der Waals surface area contributed by atoms with Crippen LogP contribution in [0.3, 0.4) is 0 Å². The maximum Gasteiger partial charge on any atom is 0.0294 e. The van der Waals surface area contributed by atoms with E-state index in [2.05, 4.69) is 58.1 Å². The number of rotatable bonds is 3. The van der Waals surface area contributed by atoms with E-state index in [4.69, 9.17) is 0 Å². The molecule has 1 heteroatoms. The molecule has 1 aromatic rings. The number of aryl methyl sites for hydroxylation is 2. The van der Waals surface area contributed by atoms with E-state index in [9.17, 15) is 0 Å². The molecule has 2 rings (SSSR count). The van der Waals surface area contributed by atoms with Gasteiger partial charge in [-0.25, -0.2) is 0 Å². The molecule has 0 amide bonds. The minimum Gasteiger partial charge on any atom is -0.307 e. The first-order valence-corrected chi connectivity index (χ1v) is 7.23. The third-order valence-electron chi connectivity index (χ3n) is 4.74. The summed E-state index contributed by atoms with van der Waals surface area (Å²) in [7, 11) is 0. The number of nitrogens with one attached hydrogen (secondary N) is 1. The molecule has 1 saturated carbocycles. The Morgan fingerprint density at radius 1 is 1.22 bits per heavy atom. The molecule has 18 heavy (non-hydrogen) atoms. The van der Waals surface area contributed by atoms with E-state index in [0.29, 0.717) is 17.5 Å². The van der Waals surface area contributed by atoms with E-state index in [1.807, 2.05) is 0 Å². The highest BCUT2D eigenvalue weighted by Gasteiger charge is 2.34. The van der Waals surface area contributed by atoms with Gasteiger partial charge in [0.05, 0.1) is 0 Å². The zero-order valence-corrected chi connectivity index (χ0v) is 12.5. The summed E-state index contributed by atoms with van der Waals surface area (Å²) in [5.74, 6) is 0. The van der Waals surface area contributed by atoms with Gasteiger partial charge >= 0.3 is 0 Å². The van der Waals surface area contributed by atoms with Gasteiger partial charge in [-0.2, -0.15) is 0 Å². The summed E-state index contributed by atoms with van der Waals surface area (Å²) in [4.78, 5) is 0. The lowest BCUT2D eigenvalue weighted by molar-refractivity contribution is 0.266. The van der Waals surface area contributed by atoms with Crippen molar-refractivity contribution in [1.29, 1.82) is 0 Å². The molecule has 0 aromatic heterocycles. The minimum atomic E-state index is 0.451. The Labute approximate surface area is 112 Å². The Kier molecular flexibility index (Phi) is 3.82. The van der Waals surface area contributed by atoms with Crippen LogP contribution in [0.4, 0.5) is 0 Å². The van der Waals surface area contributed by atoms with Gasteiger partial charge in [0.1, 0.15) is 0 Å². The summed E-state index contributed by atoms with van der Waals surface area (Å²) >= 11 is 0. The molecular weight excluding hydrogens is 218 g/mol. The number of benzene rings is 1. The van der Waals surface area contributed by atoms with Gasteiger partial charge in [-0.15, -0.1) is 0 Å². The third kappa shape index (κ3) is 2.77. The SMILES string of the molecule is Cc1ccc(C(C)NC2CCCC2(C)C)cc1C. The Morgan fingerprint density at radius 3 is 2.50 bits per heavy atom. The van der Waals surface area contributed by atoms with Crippen molar-refractivity contribution in [2.75, 3.05) is 0 Å². The Hall–Kier alpha value is -0.820. The van der Waals surface area contributed by atoms with Crippen molar-refractivity contribution in [3.63, 3.8) is 0 Å². The molecule has 1 fully saturated rings. The zero-order valence-electron chi connectivity index (χ0n) is 12.5. The summed E-state index contributed by atoms with van der Waals surface area (Å²) in [6.07, 6.45) is 4.04. The molecule has 1 aliphatic rings. The Morgan fingerprint density at radius 2 is 1.94 bits per heavy atom. The molecule has 1 aromatic carbocycles. The monoisotopic (exact) mass is 245 g/mol. The van der Waals surface area contributed by atoms with Gasteiger partial charge in [0.25, 0.3) is 0 Å². The highest BCUT2D eigenvalue weighted by molar-refractivity contribution is 5.31. The normalized spacial score (nSPS) is 24.2. The first kappa shape index (κ1) is 13.6. The van der Waals surface area contributed by atoms with Gasteiger partial charge in [0.2, 0.25) is 0 Å². The van der Waals surface area contributed by atoms with Gasteiger partial charge in [-0.05, 0) is 55.7 Å². The van der Waals surface area contributed by atoms with Crippen LogP contribution in [0.15, 0.2) is 18.2 Å². The molecule has 100 valence electrons. The molecule has 1 nitrogen and oxygen atoms in total. The fourth-order valence-corrected chi connectivity index (χ4v) is 3.07. The van der Waals surface area contributed by atoms with E-state index >= 15 is 0 Å². The lowest BCUT2D eigenvalue weighted by Gasteiger charge is -2.31. The van der Waals surface area contributed by atoms with Gasteiger partial charge in [0.15, 0.2) is 0 Å². The predicted octanol–water partition coefficient (Wildman–Crippen LogP) is 4.53. The molecule has 0 heterocycles. The second kappa shape index (κ2) is 5.05. The van der Waals surface area contributed by atoms with E-state index in [1.54, 1.807) is 0 Å². The summed E-state index contributed by atoms with van der Waals surface area (Å²) in [5.41, 5.74) is 4.65. The maximum atomic E-state index is 3.83. The molecule has 0 spiro atoms. The Bertz CT molecular complexity index is 420. The minimum absolute atomic E-state index is 0.451. The zero-order chi connectivity index (χ0) is 13.3. The van der Waals surface area contributed by atoms with Crippen LogP contribution in [0.1, 0.15) is 62.8 Å². The molecule has 0 bridgehead atoms. The predicted molar refractivity (Wildman–Crippen MR) is 78.9 cm³/mol. The molecular formula is C17H27N. The van der Waals surface area contributed by atoms with Crippen molar-refractivity contribution in [3.05, 3.63) is 34.9 Å². The van der Waals surface area contributed by atoms with Crippen molar-refractivity contribution in [3.8, 4) is 0 Å². The smallest absolute Gasteiger partial charge is 0.0294 e. The largest absolute Gasteiger partial charge is 0.307 e. The topological polar surface area (TPSA) is 12.0 Å². The first-order chi connectivity index (χ1) is 8.40. The van der Waals surface area contributed by atoms with Gasteiger partial charge in [-0.1, -0.05) is 38.5 Å². The van der Waals surface area contributed by atoms with Crippen LogP contribution in [0.5, 0.6) is 0 Å². The number of hydrogen-bond acceptors (Lipinski definition) is 1. The fraction of sp³-hybridized carbons (Fsp3) is 0.647. The van der Waals surface area contributed by atoms with Crippen molar-refractivity contribution in [2.24, 2.45) is 5.41 Å². The van der Waals surface area contributed by atoms with Crippen molar-refractivity contribution in [2.45, 2.75) is 66.0 Å².